The number of alkyl halides is 3. The summed E-state index contributed by atoms with van der Waals surface area (Å²) in [5.41, 5.74) is 0.449. The van der Waals surface area contributed by atoms with Gasteiger partial charge in [0, 0.05) is 21.3 Å². The van der Waals surface area contributed by atoms with Gasteiger partial charge in [0.1, 0.15) is 5.15 Å². The van der Waals surface area contributed by atoms with Crippen LogP contribution in [0.3, 0.4) is 0 Å². The summed E-state index contributed by atoms with van der Waals surface area (Å²) >= 11 is 9.09. The molecule has 0 radical (unpaired) electrons. The van der Waals surface area contributed by atoms with E-state index in [1.54, 1.807) is 6.92 Å². The zero-order valence-electron chi connectivity index (χ0n) is 11.2. The van der Waals surface area contributed by atoms with E-state index in [1.165, 1.54) is 12.1 Å². The monoisotopic (exact) mass is 378 g/mol. The first-order valence-corrected chi connectivity index (χ1v) is 7.31. The summed E-state index contributed by atoms with van der Waals surface area (Å²) in [6.07, 6.45) is -3.87. The first-order chi connectivity index (χ1) is 9.74. The van der Waals surface area contributed by atoms with Gasteiger partial charge in [-0.25, -0.2) is 9.97 Å². The molecular weight excluding hydrogens is 369 g/mol. The molecule has 2 aromatic rings. The summed E-state index contributed by atoms with van der Waals surface area (Å²) in [6.45, 7) is 3.60. The summed E-state index contributed by atoms with van der Waals surface area (Å²) in [4.78, 5) is 8.19. The van der Waals surface area contributed by atoms with Gasteiger partial charge in [0.15, 0.2) is 5.82 Å². The minimum Gasteiger partial charge on any atom is -0.233 e. The topological polar surface area (TPSA) is 25.8 Å². The van der Waals surface area contributed by atoms with Crippen LogP contribution in [0.15, 0.2) is 22.7 Å². The maximum Gasteiger partial charge on any atom is 0.417 e. The third-order valence-electron chi connectivity index (χ3n) is 3.04. The Bertz CT molecular complexity index is 663. The molecule has 0 unspecified atom stereocenters. The van der Waals surface area contributed by atoms with Gasteiger partial charge < -0.3 is 0 Å². The van der Waals surface area contributed by atoms with Gasteiger partial charge in [0.2, 0.25) is 0 Å². The first-order valence-electron chi connectivity index (χ1n) is 6.14. The van der Waals surface area contributed by atoms with Crippen LogP contribution in [-0.2, 0) is 12.6 Å². The predicted octanol–water partition coefficient (Wildman–Crippen LogP) is 5.45. The molecule has 0 amide bonds. The SMILES string of the molecule is CCc1c(C)nc(-c2ccc(Br)cc2C(F)(F)F)nc1Cl. The second-order valence-electron chi connectivity index (χ2n) is 4.44. The molecule has 0 spiro atoms. The molecule has 0 aliphatic carbocycles. The largest absolute Gasteiger partial charge is 0.417 e. The Labute approximate surface area is 133 Å². The molecule has 0 fully saturated rings. The highest BCUT2D eigenvalue weighted by Gasteiger charge is 2.34. The van der Waals surface area contributed by atoms with E-state index in [1.807, 2.05) is 6.92 Å². The third-order valence-corrected chi connectivity index (χ3v) is 3.85. The van der Waals surface area contributed by atoms with E-state index in [0.717, 1.165) is 11.6 Å². The van der Waals surface area contributed by atoms with Crippen LogP contribution < -0.4 is 0 Å². The average Bonchev–Trinajstić information content (AvgIpc) is 2.37. The van der Waals surface area contributed by atoms with Gasteiger partial charge in [-0.05, 0) is 31.5 Å². The molecule has 21 heavy (non-hydrogen) atoms. The minimum atomic E-state index is -4.49. The van der Waals surface area contributed by atoms with Crippen LogP contribution in [0.4, 0.5) is 13.2 Å². The van der Waals surface area contributed by atoms with Gasteiger partial charge in [0.25, 0.3) is 0 Å². The van der Waals surface area contributed by atoms with Crippen molar-refractivity contribution in [2.75, 3.05) is 0 Å². The highest BCUT2D eigenvalue weighted by molar-refractivity contribution is 9.10. The van der Waals surface area contributed by atoms with Crippen LogP contribution in [-0.4, -0.2) is 9.97 Å². The maximum atomic E-state index is 13.2. The van der Waals surface area contributed by atoms with Crippen molar-refractivity contribution in [1.29, 1.82) is 0 Å². The fourth-order valence-corrected chi connectivity index (χ4v) is 2.74. The molecule has 0 saturated carbocycles. The average molecular weight is 380 g/mol. The molecule has 1 aromatic carbocycles. The molecule has 0 aliphatic rings. The molecule has 2 rings (SSSR count). The number of halogens is 5. The van der Waals surface area contributed by atoms with Crippen molar-refractivity contribution in [2.45, 2.75) is 26.4 Å². The maximum absolute atomic E-state index is 13.2. The number of hydrogen-bond donors (Lipinski definition) is 0. The highest BCUT2D eigenvalue weighted by atomic mass is 79.9. The van der Waals surface area contributed by atoms with Crippen molar-refractivity contribution in [2.24, 2.45) is 0 Å². The van der Waals surface area contributed by atoms with E-state index >= 15 is 0 Å². The van der Waals surface area contributed by atoms with Crippen LogP contribution in [0.1, 0.15) is 23.7 Å². The number of nitrogens with zero attached hydrogens (tertiary/aromatic N) is 2. The second kappa shape index (κ2) is 5.93. The molecule has 2 nitrogen and oxygen atoms in total. The summed E-state index contributed by atoms with van der Waals surface area (Å²) in [5, 5.41) is 0.191. The van der Waals surface area contributed by atoms with Crippen LogP contribution in [0.2, 0.25) is 5.15 Å². The highest BCUT2D eigenvalue weighted by Crippen LogP contribution is 2.38. The van der Waals surface area contributed by atoms with Crippen LogP contribution in [0.5, 0.6) is 0 Å². The third kappa shape index (κ3) is 3.37. The second-order valence-corrected chi connectivity index (χ2v) is 5.72. The first kappa shape index (κ1) is 16.2. The van der Waals surface area contributed by atoms with Gasteiger partial charge in [-0.1, -0.05) is 34.5 Å². The summed E-state index contributed by atoms with van der Waals surface area (Å²) < 4.78 is 39.8. The van der Waals surface area contributed by atoms with Gasteiger partial charge in [-0.15, -0.1) is 0 Å². The van der Waals surface area contributed by atoms with E-state index in [9.17, 15) is 13.2 Å². The molecule has 1 aromatic heterocycles. The Balaban J connectivity index is 2.68. The summed E-state index contributed by atoms with van der Waals surface area (Å²) in [7, 11) is 0. The Morgan fingerprint density at radius 1 is 1.24 bits per heavy atom. The van der Waals surface area contributed by atoms with Crippen molar-refractivity contribution < 1.29 is 13.2 Å². The zero-order chi connectivity index (χ0) is 15.8. The number of aromatic nitrogens is 2. The standard InChI is InChI=1S/C14H11BrClF3N2/c1-3-9-7(2)20-13(21-12(9)16)10-5-4-8(15)6-11(10)14(17,18)19/h4-6H,3H2,1-2H3. The van der Waals surface area contributed by atoms with Crippen LogP contribution >= 0.6 is 27.5 Å². The molecule has 0 saturated heterocycles. The quantitative estimate of drug-likeness (QED) is 0.649. The Morgan fingerprint density at radius 2 is 1.90 bits per heavy atom. The fraction of sp³-hybridized carbons (Fsp3) is 0.286. The number of aryl methyl sites for hydroxylation is 1. The molecule has 0 bridgehead atoms. The van der Waals surface area contributed by atoms with Crippen molar-refractivity contribution >= 4 is 27.5 Å². The van der Waals surface area contributed by atoms with Crippen molar-refractivity contribution in [3.8, 4) is 11.4 Å². The van der Waals surface area contributed by atoms with E-state index in [-0.39, 0.29) is 16.5 Å². The van der Waals surface area contributed by atoms with E-state index in [2.05, 4.69) is 25.9 Å². The Hall–Kier alpha value is -1.14. The lowest BCUT2D eigenvalue weighted by atomic mass is 10.1. The molecule has 0 aliphatic heterocycles. The van der Waals surface area contributed by atoms with Gasteiger partial charge >= 0.3 is 6.18 Å². The smallest absolute Gasteiger partial charge is 0.233 e. The van der Waals surface area contributed by atoms with Crippen molar-refractivity contribution in [3.05, 3.63) is 44.6 Å². The summed E-state index contributed by atoms with van der Waals surface area (Å²) in [6, 6.07) is 3.87. The molecule has 1 heterocycles. The lowest BCUT2D eigenvalue weighted by Gasteiger charge is -2.14. The van der Waals surface area contributed by atoms with Gasteiger partial charge in [-0.3, -0.25) is 0 Å². The number of rotatable bonds is 2. The molecule has 0 N–H and O–H groups in total. The van der Waals surface area contributed by atoms with Crippen molar-refractivity contribution in [1.82, 2.24) is 9.97 Å². The Kier molecular flexibility index (Phi) is 4.58. The van der Waals surface area contributed by atoms with Gasteiger partial charge in [-0.2, -0.15) is 13.2 Å². The van der Waals surface area contributed by atoms with Crippen molar-refractivity contribution in [3.63, 3.8) is 0 Å². The van der Waals surface area contributed by atoms with E-state index in [4.69, 9.17) is 11.6 Å². The lowest BCUT2D eigenvalue weighted by Crippen LogP contribution is -2.09. The number of benzene rings is 1. The zero-order valence-corrected chi connectivity index (χ0v) is 13.6. The van der Waals surface area contributed by atoms with Crippen LogP contribution in [0, 0.1) is 6.92 Å². The lowest BCUT2D eigenvalue weighted by molar-refractivity contribution is -0.137. The molecule has 112 valence electrons. The molecule has 7 heteroatoms. The molecular formula is C14H11BrClF3N2. The van der Waals surface area contributed by atoms with E-state index in [0.29, 0.717) is 16.6 Å². The fourth-order valence-electron chi connectivity index (χ4n) is 2.03. The normalized spacial score (nSPS) is 11.8. The summed E-state index contributed by atoms with van der Waals surface area (Å²) in [5.74, 6) is -0.0190. The van der Waals surface area contributed by atoms with E-state index < -0.39 is 11.7 Å². The Morgan fingerprint density at radius 3 is 2.43 bits per heavy atom. The van der Waals surface area contributed by atoms with Gasteiger partial charge in [0.05, 0.1) is 5.56 Å². The minimum absolute atomic E-state index is 0.0190. The molecule has 0 atom stereocenters. The predicted molar refractivity (Wildman–Crippen MR) is 79.3 cm³/mol. The number of hydrogen-bond acceptors (Lipinski definition) is 2. The van der Waals surface area contributed by atoms with Crippen LogP contribution in [0.25, 0.3) is 11.4 Å².